The first-order chi connectivity index (χ1) is 12.8. The molecule has 1 saturated heterocycles. The SMILES string of the molecule is O=c1cc2c(nn1CC1CCCN1c1cc3c(nn1)CCC3)CCOC2. The van der Waals surface area contributed by atoms with E-state index in [0.717, 1.165) is 61.4 Å². The zero-order valence-corrected chi connectivity index (χ0v) is 14.9. The molecule has 0 bridgehead atoms. The van der Waals surface area contributed by atoms with E-state index in [0.29, 0.717) is 19.8 Å². The lowest BCUT2D eigenvalue weighted by Crippen LogP contribution is -2.38. The van der Waals surface area contributed by atoms with E-state index >= 15 is 0 Å². The summed E-state index contributed by atoms with van der Waals surface area (Å²) in [5, 5.41) is 13.5. The van der Waals surface area contributed by atoms with Crippen LogP contribution in [0.5, 0.6) is 0 Å². The fraction of sp³-hybridized carbons (Fsp3) is 0.579. The number of nitrogens with zero attached hydrogens (tertiary/aromatic N) is 5. The standard InChI is InChI=1S/C19H23N5O2/c25-19-10-14-12-26-8-6-17(14)22-24(19)11-15-4-2-7-23(15)18-9-13-3-1-5-16(13)20-21-18/h9-10,15H,1-8,11-12H2. The van der Waals surface area contributed by atoms with Crippen LogP contribution in [0.4, 0.5) is 5.82 Å². The van der Waals surface area contributed by atoms with E-state index in [4.69, 9.17) is 4.74 Å². The van der Waals surface area contributed by atoms with Gasteiger partial charge < -0.3 is 9.64 Å². The van der Waals surface area contributed by atoms with E-state index in [1.807, 2.05) is 0 Å². The highest BCUT2D eigenvalue weighted by atomic mass is 16.5. The molecule has 2 aromatic rings. The molecular weight excluding hydrogens is 330 g/mol. The Hall–Kier alpha value is -2.28. The molecule has 0 spiro atoms. The van der Waals surface area contributed by atoms with Crippen molar-refractivity contribution in [2.75, 3.05) is 18.1 Å². The molecule has 0 N–H and O–H groups in total. The molecule has 2 aromatic heterocycles. The highest BCUT2D eigenvalue weighted by molar-refractivity contribution is 5.44. The molecule has 5 rings (SSSR count). The van der Waals surface area contributed by atoms with Crippen LogP contribution in [0.3, 0.4) is 0 Å². The van der Waals surface area contributed by atoms with Crippen molar-refractivity contribution in [2.45, 2.75) is 57.7 Å². The van der Waals surface area contributed by atoms with E-state index in [-0.39, 0.29) is 11.6 Å². The molecule has 0 aromatic carbocycles. The van der Waals surface area contributed by atoms with Crippen molar-refractivity contribution < 1.29 is 4.74 Å². The van der Waals surface area contributed by atoms with E-state index in [1.165, 1.54) is 12.0 Å². The van der Waals surface area contributed by atoms with E-state index in [1.54, 1.807) is 10.7 Å². The van der Waals surface area contributed by atoms with E-state index < -0.39 is 0 Å². The molecule has 0 saturated carbocycles. The Kier molecular flexibility index (Phi) is 3.96. The predicted octanol–water partition coefficient (Wildman–Crippen LogP) is 1.26. The number of aryl methyl sites for hydroxylation is 2. The lowest BCUT2D eigenvalue weighted by Gasteiger charge is -2.26. The molecule has 0 amide bonds. The molecule has 1 aliphatic carbocycles. The van der Waals surface area contributed by atoms with Gasteiger partial charge in [0.2, 0.25) is 0 Å². The summed E-state index contributed by atoms with van der Waals surface area (Å²) in [7, 11) is 0. The van der Waals surface area contributed by atoms with E-state index in [2.05, 4.69) is 26.3 Å². The Balaban J connectivity index is 1.40. The summed E-state index contributed by atoms with van der Waals surface area (Å²) < 4.78 is 7.06. The summed E-state index contributed by atoms with van der Waals surface area (Å²) in [4.78, 5) is 14.8. The van der Waals surface area contributed by atoms with Gasteiger partial charge in [0.25, 0.3) is 5.56 Å². The van der Waals surface area contributed by atoms with Crippen LogP contribution in [0.2, 0.25) is 0 Å². The van der Waals surface area contributed by atoms with Crippen molar-refractivity contribution >= 4 is 5.82 Å². The number of hydrogen-bond acceptors (Lipinski definition) is 6. The molecule has 1 fully saturated rings. The zero-order valence-electron chi connectivity index (χ0n) is 14.9. The first-order valence-corrected chi connectivity index (χ1v) is 9.58. The van der Waals surface area contributed by atoms with Gasteiger partial charge in [-0.15, -0.1) is 5.10 Å². The molecule has 26 heavy (non-hydrogen) atoms. The number of aromatic nitrogens is 4. The van der Waals surface area contributed by atoms with Gasteiger partial charge in [-0.3, -0.25) is 4.79 Å². The van der Waals surface area contributed by atoms with E-state index in [9.17, 15) is 4.79 Å². The number of anilines is 1. The first kappa shape index (κ1) is 15.9. The minimum absolute atomic E-state index is 0.0406. The van der Waals surface area contributed by atoms with Crippen LogP contribution >= 0.6 is 0 Å². The van der Waals surface area contributed by atoms with Gasteiger partial charge in [-0.1, -0.05) is 0 Å². The summed E-state index contributed by atoms with van der Waals surface area (Å²) in [6, 6.07) is 4.14. The maximum absolute atomic E-state index is 12.5. The van der Waals surface area contributed by atoms with Gasteiger partial charge in [0.1, 0.15) is 0 Å². The van der Waals surface area contributed by atoms with Crippen LogP contribution in [-0.4, -0.2) is 39.2 Å². The minimum atomic E-state index is -0.0406. The third-order valence-corrected chi connectivity index (χ3v) is 5.77. The zero-order chi connectivity index (χ0) is 17.5. The fourth-order valence-corrected chi connectivity index (χ4v) is 4.37. The third-order valence-electron chi connectivity index (χ3n) is 5.77. The molecule has 0 radical (unpaired) electrons. The minimum Gasteiger partial charge on any atom is -0.376 e. The van der Waals surface area contributed by atoms with Crippen LogP contribution in [0.15, 0.2) is 16.9 Å². The normalized spacial score (nSPS) is 21.7. The van der Waals surface area contributed by atoms with Crippen molar-refractivity contribution in [1.29, 1.82) is 0 Å². The van der Waals surface area contributed by atoms with Crippen LogP contribution in [-0.2, 0) is 37.2 Å². The predicted molar refractivity (Wildman–Crippen MR) is 96.3 cm³/mol. The van der Waals surface area contributed by atoms with Crippen LogP contribution < -0.4 is 10.5 Å². The van der Waals surface area contributed by atoms with Gasteiger partial charge in [0.05, 0.1) is 37.2 Å². The molecule has 2 aliphatic heterocycles. The summed E-state index contributed by atoms with van der Waals surface area (Å²) in [6.45, 7) is 2.74. The summed E-state index contributed by atoms with van der Waals surface area (Å²) >= 11 is 0. The molecule has 7 heteroatoms. The molecule has 1 atom stereocenters. The van der Waals surface area contributed by atoms with Crippen LogP contribution in [0.25, 0.3) is 0 Å². The smallest absolute Gasteiger partial charge is 0.267 e. The third kappa shape index (κ3) is 2.80. The van der Waals surface area contributed by atoms with Gasteiger partial charge >= 0.3 is 0 Å². The number of ether oxygens (including phenoxy) is 1. The van der Waals surface area contributed by atoms with Crippen molar-refractivity contribution in [3.05, 3.63) is 45.0 Å². The molecule has 3 aliphatic rings. The van der Waals surface area contributed by atoms with Crippen molar-refractivity contribution in [3.63, 3.8) is 0 Å². The maximum atomic E-state index is 12.5. The Morgan fingerprint density at radius 3 is 3.00 bits per heavy atom. The molecule has 1 unspecified atom stereocenters. The Morgan fingerprint density at radius 1 is 1.08 bits per heavy atom. The number of hydrogen-bond donors (Lipinski definition) is 0. The summed E-state index contributed by atoms with van der Waals surface area (Å²) in [5.74, 6) is 0.951. The second kappa shape index (κ2) is 6.46. The Bertz CT molecular complexity index is 894. The van der Waals surface area contributed by atoms with Gasteiger partial charge in [-0.25, -0.2) is 4.68 Å². The quantitative estimate of drug-likeness (QED) is 0.827. The summed E-state index contributed by atoms with van der Waals surface area (Å²) in [6.07, 6.45) is 6.26. The topological polar surface area (TPSA) is 73.1 Å². The molecular formula is C19H23N5O2. The molecule has 136 valence electrons. The first-order valence-electron chi connectivity index (χ1n) is 9.58. The van der Waals surface area contributed by atoms with Gasteiger partial charge in [0.15, 0.2) is 5.82 Å². The Morgan fingerprint density at radius 2 is 2.04 bits per heavy atom. The largest absolute Gasteiger partial charge is 0.376 e. The van der Waals surface area contributed by atoms with Crippen molar-refractivity contribution in [1.82, 2.24) is 20.0 Å². The van der Waals surface area contributed by atoms with Crippen LogP contribution in [0, 0.1) is 0 Å². The number of fused-ring (bicyclic) bond motifs is 2. The van der Waals surface area contributed by atoms with Crippen molar-refractivity contribution in [2.24, 2.45) is 0 Å². The maximum Gasteiger partial charge on any atom is 0.267 e. The van der Waals surface area contributed by atoms with Crippen molar-refractivity contribution in [3.8, 4) is 0 Å². The Labute approximate surface area is 152 Å². The lowest BCUT2D eigenvalue weighted by molar-refractivity contribution is 0.108. The average molecular weight is 353 g/mol. The van der Waals surface area contributed by atoms with Crippen LogP contribution in [0.1, 0.15) is 41.8 Å². The fourth-order valence-electron chi connectivity index (χ4n) is 4.37. The second-order valence-electron chi connectivity index (χ2n) is 7.46. The lowest BCUT2D eigenvalue weighted by atomic mass is 10.1. The number of rotatable bonds is 3. The molecule has 7 nitrogen and oxygen atoms in total. The molecule has 4 heterocycles. The van der Waals surface area contributed by atoms with Gasteiger partial charge in [-0.2, -0.15) is 10.2 Å². The highest BCUT2D eigenvalue weighted by Crippen LogP contribution is 2.28. The monoisotopic (exact) mass is 353 g/mol. The van der Waals surface area contributed by atoms with Gasteiger partial charge in [0, 0.05) is 24.6 Å². The average Bonchev–Trinajstić information content (AvgIpc) is 3.30. The summed E-state index contributed by atoms with van der Waals surface area (Å²) in [5.41, 5.74) is 4.38. The highest BCUT2D eigenvalue weighted by Gasteiger charge is 2.28. The van der Waals surface area contributed by atoms with Gasteiger partial charge in [-0.05, 0) is 43.7 Å². The second-order valence-corrected chi connectivity index (χ2v) is 7.46.